The SMILES string of the molecule is C=CCOc1cccc(/C=N\NC(=O)CSCc2ccccc2Br)c1. The van der Waals surface area contributed by atoms with Crippen LogP contribution >= 0.6 is 27.7 Å². The van der Waals surface area contributed by atoms with Crippen LogP contribution in [0.1, 0.15) is 11.1 Å². The molecule has 130 valence electrons. The second-order valence-corrected chi connectivity index (χ2v) is 6.89. The van der Waals surface area contributed by atoms with Crippen molar-refractivity contribution in [3.05, 3.63) is 76.8 Å². The van der Waals surface area contributed by atoms with Crippen molar-refractivity contribution >= 4 is 39.8 Å². The molecule has 0 radical (unpaired) electrons. The molecule has 0 unspecified atom stereocenters. The molecule has 0 bridgehead atoms. The van der Waals surface area contributed by atoms with Crippen molar-refractivity contribution in [2.24, 2.45) is 5.10 Å². The van der Waals surface area contributed by atoms with Crippen LogP contribution in [0.2, 0.25) is 0 Å². The number of halogens is 1. The molecule has 0 spiro atoms. The number of ether oxygens (including phenoxy) is 1. The molecule has 0 atom stereocenters. The van der Waals surface area contributed by atoms with Gasteiger partial charge in [0.2, 0.25) is 5.91 Å². The molecule has 0 heterocycles. The van der Waals surface area contributed by atoms with Gasteiger partial charge in [0.15, 0.2) is 0 Å². The molecule has 0 aliphatic heterocycles. The lowest BCUT2D eigenvalue weighted by atomic mass is 10.2. The summed E-state index contributed by atoms with van der Waals surface area (Å²) in [5.74, 6) is 1.72. The molecule has 0 aliphatic carbocycles. The zero-order valence-corrected chi connectivity index (χ0v) is 16.1. The number of hydrogen-bond acceptors (Lipinski definition) is 4. The number of hydrogen-bond donors (Lipinski definition) is 1. The number of nitrogens with one attached hydrogen (secondary N) is 1. The molecule has 6 heteroatoms. The Morgan fingerprint density at radius 3 is 2.92 bits per heavy atom. The van der Waals surface area contributed by atoms with E-state index < -0.39 is 0 Å². The summed E-state index contributed by atoms with van der Waals surface area (Å²) in [4.78, 5) is 11.8. The van der Waals surface area contributed by atoms with Gasteiger partial charge in [-0.2, -0.15) is 5.10 Å². The molecule has 0 fully saturated rings. The van der Waals surface area contributed by atoms with Crippen LogP contribution in [-0.4, -0.2) is 24.5 Å². The minimum atomic E-state index is -0.132. The van der Waals surface area contributed by atoms with Crippen LogP contribution in [0.5, 0.6) is 5.75 Å². The predicted molar refractivity (Wildman–Crippen MR) is 108 cm³/mol. The first-order chi connectivity index (χ1) is 12.2. The van der Waals surface area contributed by atoms with Gasteiger partial charge in [-0.1, -0.05) is 58.9 Å². The maximum atomic E-state index is 11.8. The summed E-state index contributed by atoms with van der Waals surface area (Å²) in [7, 11) is 0. The van der Waals surface area contributed by atoms with E-state index in [9.17, 15) is 4.79 Å². The highest BCUT2D eigenvalue weighted by Crippen LogP contribution is 2.21. The molecule has 4 nitrogen and oxygen atoms in total. The lowest BCUT2D eigenvalue weighted by molar-refractivity contribution is -0.118. The molecular weight excluding hydrogens is 400 g/mol. The number of carbonyl (C=O) groups excluding carboxylic acids is 1. The van der Waals surface area contributed by atoms with Gasteiger partial charge in [0.1, 0.15) is 12.4 Å². The van der Waals surface area contributed by atoms with Crippen molar-refractivity contribution in [2.45, 2.75) is 5.75 Å². The van der Waals surface area contributed by atoms with Crippen molar-refractivity contribution in [1.29, 1.82) is 0 Å². The quantitative estimate of drug-likeness (QED) is 0.373. The summed E-state index contributed by atoms with van der Waals surface area (Å²) in [5, 5.41) is 3.98. The maximum absolute atomic E-state index is 11.8. The normalized spacial score (nSPS) is 10.6. The van der Waals surface area contributed by atoms with Crippen molar-refractivity contribution in [3.8, 4) is 5.75 Å². The molecule has 0 aliphatic rings. The van der Waals surface area contributed by atoms with E-state index in [0.29, 0.717) is 12.4 Å². The third-order valence-corrected chi connectivity index (χ3v) is 4.83. The number of carbonyl (C=O) groups is 1. The van der Waals surface area contributed by atoms with E-state index in [1.54, 1.807) is 24.1 Å². The Kier molecular flexibility index (Phi) is 8.28. The highest BCUT2D eigenvalue weighted by atomic mass is 79.9. The van der Waals surface area contributed by atoms with Crippen molar-refractivity contribution in [3.63, 3.8) is 0 Å². The highest BCUT2D eigenvalue weighted by molar-refractivity contribution is 9.10. The molecule has 0 aromatic heterocycles. The first kappa shape index (κ1) is 19.3. The fraction of sp³-hybridized carbons (Fsp3) is 0.158. The van der Waals surface area contributed by atoms with E-state index in [1.165, 1.54) is 5.56 Å². The van der Waals surface area contributed by atoms with E-state index in [2.05, 4.69) is 33.0 Å². The Balaban J connectivity index is 1.75. The number of nitrogens with zero attached hydrogens (tertiary/aromatic N) is 1. The van der Waals surface area contributed by atoms with Gasteiger partial charge in [-0.15, -0.1) is 11.8 Å². The summed E-state index contributed by atoms with van der Waals surface area (Å²) >= 11 is 5.04. The van der Waals surface area contributed by atoms with E-state index in [4.69, 9.17) is 4.74 Å². The van der Waals surface area contributed by atoms with Crippen molar-refractivity contribution in [2.75, 3.05) is 12.4 Å². The average Bonchev–Trinajstić information content (AvgIpc) is 2.62. The second-order valence-electron chi connectivity index (χ2n) is 5.05. The molecule has 2 aromatic carbocycles. The Morgan fingerprint density at radius 2 is 2.12 bits per heavy atom. The molecule has 2 aromatic rings. The van der Waals surface area contributed by atoms with Gasteiger partial charge in [-0.3, -0.25) is 4.79 Å². The lowest BCUT2D eigenvalue weighted by Gasteiger charge is -2.04. The van der Waals surface area contributed by atoms with Gasteiger partial charge in [-0.25, -0.2) is 5.43 Å². The molecule has 1 amide bonds. The maximum Gasteiger partial charge on any atom is 0.250 e. The van der Waals surface area contributed by atoms with Gasteiger partial charge in [-0.05, 0) is 29.3 Å². The number of rotatable bonds is 9. The van der Waals surface area contributed by atoms with Crippen molar-refractivity contribution in [1.82, 2.24) is 5.43 Å². The van der Waals surface area contributed by atoms with Crippen LogP contribution in [0.4, 0.5) is 0 Å². The highest BCUT2D eigenvalue weighted by Gasteiger charge is 2.03. The summed E-state index contributed by atoms with van der Waals surface area (Å²) in [6, 6.07) is 15.4. The topological polar surface area (TPSA) is 50.7 Å². The molecule has 0 saturated heterocycles. The number of benzene rings is 2. The predicted octanol–water partition coefficient (Wildman–Crippen LogP) is 4.40. The van der Waals surface area contributed by atoms with Gasteiger partial charge in [0.25, 0.3) is 0 Å². The largest absolute Gasteiger partial charge is 0.490 e. The second kappa shape index (κ2) is 10.7. The summed E-state index contributed by atoms with van der Waals surface area (Å²) in [5.41, 5.74) is 4.55. The Hall–Kier alpha value is -2.05. The summed E-state index contributed by atoms with van der Waals surface area (Å²) < 4.78 is 6.51. The van der Waals surface area contributed by atoms with Crippen LogP contribution in [0.25, 0.3) is 0 Å². The molecule has 2 rings (SSSR count). The summed E-state index contributed by atoms with van der Waals surface area (Å²) in [6.07, 6.45) is 3.28. The standard InChI is InChI=1S/C19H19BrN2O2S/c1-2-10-24-17-8-5-6-15(11-17)12-21-22-19(23)14-25-13-16-7-3-4-9-18(16)20/h2-9,11-12H,1,10,13-14H2,(H,22,23)/b21-12-. The fourth-order valence-electron chi connectivity index (χ4n) is 1.92. The third-order valence-electron chi connectivity index (χ3n) is 3.08. The number of hydrazone groups is 1. The van der Waals surface area contributed by atoms with Crippen LogP contribution < -0.4 is 10.2 Å². The van der Waals surface area contributed by atoms with E-state index in [0.717, 1.165) is 21.5 Å². The molecule has 25 heavy (non-hydrogen) atoms. The van der Waals surface area contributed by atoms with Crippen LogP contribution in [-0.2, 0) is 10.5 Å². The molecular formula is C19H19BrN2O2S. The fourth-order valence-corrected chi connectivity index (χ4v) is 3.35. The lowest BCUT2D eigenvalue weighted by Crippen LogP contribution is -2.19. The Labute approximate surface area is 160 Å². The summed E-state index contributed by atoms with van der Waals surface area (Å²) in [6.45, 7) is 4.06. The van der Waals surface area contributed by atoms with E-state index >= 15 is 0 Å². The minimum absolute atomic E-state index is 0.132. The smallest absolute Gasteiger partial charge is 0.250 e. The monoisotopic (exact) mass is 418 g/mol. The third kappa shape index (κ3) is 7.15. The van der Waals surface area contributed by atoms with E-state index in [1.807, 2.05) is 48.5 Å². The van der Waals surface area contributed by atoms with Gasteiger partial charge >= 0.3 is 0 Å². The Bertz CT molecular complexity index is 750. The molecule has 0 saturated carbocycles. The minimum Gasteiger partial charge on any atom is -0.490 e. The zero-order valence-electron chi connectivity index (χ0n) is 13.7. The van der Waals surface area contributed by atoms with Gasteiger partial charge in [0, 0.05) is 10.2 Å². The average molecular weight is 419 g/mol. The van der Waals surface area contributed by atoms with Crippen LogP contribution in [0.15, 0.2) is 70.8 Å². The molecule has 1 N–H and O–H groups in total. The van der Waals surface area contributed by atoms with Crippen LogP contribution in [0, 0.1) is 0 Å². The van der Waals surface area contributed by atoms with Gasteiger partial charge in [0.05, 0.1) is 12.0 Å². The number of thioether (sulfide) groups is 1. The zero-order chi connectivity index (χ0) is 17.9. The van der Waals surface area contributed by atoms with Crippen molar-refractivity contribution < 1.29 is 9.53 Å². The van der Waals surface area contributed by atoms with Crippen LogP contribution in [0.3, 0.4) is 0 Å². The van der Waals surface area contributed by atoms with E-state index in [-0.39, 0.29) is 5.91 Å². The number of amides is 1. The van der Waals surface area contributed by atoms with Gasteiger partial charge < -0.3 is 4.74 Å². The Morgan fingerprint density at radius 1 is 1.28 bits per heavy atom. The first-order valence-corrected chi connectivity index (χ1v) is 9.60. The first-order valence-electron chi connectivity index (χ1n) is 7.66.